The predicted octanol–water partition coefficient (Wildman–Crippen LogP) is 29.5. The van der Waals surface area contributed by atoms with Crippen LogP contribution in [-0.4, -0.2) is 38.2 Å². The van der Waals surface area contributed by atoms with E-state index in [0.29, 0.717) is 50.7 Å². The van der Waals surface area contributed by atoms with Gasteiger partial charge < -0.3 is 18.3 Å². The molecule has 0 aliphatic carbocycles. The standard InChI is InChI=1S/C120H70N12/c121-71-75-24-19-34-81(60-75)88-67-116(129-110-47-18-15-38-93(110)96-63-84(51-58-111(96)129)104-42-21-39-101(125-104)77-26-5-1-6-27-77)99(73-123)117(68-88)130-112-57-50-83(62-97(112)98-64-85(52-59-113(98)130)105-43-22-40-102(126-105)78-28-7-2-8-29-78)90-55-56-107(80-32-11-4-12-33-80)128-120(90)87-49-54-95-92-37-14-17-46-109(92)132(115(95)66-87)119-70-89(82-35-20-25-76(61-82)72-122)69-118(100(119)74-124)131-108-45-16-13-36-91(108)94-53-48-86(65-114(94)131)106-44-23-41-103(127-106)79-30-9-3-10-31-79/h1-70H. The molecule has 24 rings (SSSR count). The van der Waals surface area contributed by atoms with E-state index in [1.807, 2.05) is 158 Å². The van der Waals surface area contributed by atoms with Crippen molar-refractivity contribution in [1.82, 2.24) is 38.2 Å². The van der Waals surface area contributed by atoms with E-state index in [-0.39, 0.29) is 0 Å². The Bertz CT molecular complexity index is 9080. The van der Waals surface area contributed by atoms with Gasteiger partial charge in [0.05, 0.1) is 136 Å². The third-order valence-corrected chi connectivity index (χ3v) is 25.7. The number of aromatic nitrogens is 8. The number of benzene rings is 16. The van der Waals surface area contributed by atoms with Crippen molar-refractivity contribution >= 4 is 87.2 Å². The van der Waals surface area contributed by atoms with Crippen molar-refractivity contribution in [3.8, 4) is 170 Å². The summed E-state index contributed by atoms with van der Waals surface area (Å²) in [4.78, 5) is 21.6. The van der Waals surface area contributed by atoms with Crippen LogP contribution in [0.3, 0.4) is 0 Å². The quantitative estimate of drug-likeness (QED) is 0.0978. The minimum atomic E-state index is 0.428. The molecule has 0 N–H and O–H groups in total. The molecule has 132 heavy (non-hydrogen) atoms. The zero-order chi connectivity index (χ0) is 88.0. The van der Waals surface area contributed by atoms with Crippen molar-refractivity contribution in [2.45, 2.75) is 0 Å². The Morgan fingerprint density at radius 1 is 0.167 bits per heavy atom. The van der Waals surface area contributed by atoms with Crippen LogP contribution in [0.2, 0.25) is 0 Å². The van der Waals surface area contributed by atoms with E-state index in [4.69, 9.17) is 19.9 Å². The summed E-state index contributed by atoms with van der Waals surface area (Å²) in [6.45, 7) is 0. The summed E-state index contributed by atoms with van der Waals surface area (Å²) < 4.78 is 8.94. The van der Waals surface area contributed by atoms with E-state index in [9.17, 15) is 21.0 Å². The second-order valence-corrected chi connectivity index (χ2v) is 33.2. The van der Waals surface area contributed by atoms with Gasteiger partial charge in [0.25, 0.3) is 0 Å². The highest BCUT2D eigenvalue weighted by molar-refractivity contribution is 6.16. The van der Waals surface area contributed by atoms with Gasteiger partial charge in [0.1, 0.15) is 23.3 Å². The van der Waals surface area contributed by atoms with Crippen LogP contribution < -0.4 is 0 Å². The molecule has 0 fully saturated rings. The third-order valence-electron chi connectivity index (χ3n) is 25.7. The number of pyridine rings is 4. The van der Waals surface area contributed by atoms with Crippen LogP contribution in [0.5, 0.6) is 0 Å². The van der Waals surface area contributed by atoms with Crippen molar-refractivity contribution in [1.29, 1.82) is 21.0 Å². The van der Waals surface area contributed by atoms with Gasteiger partial charge in [-0.1, -0.05) is 267 Å². The first-order valence-electron chi connectivity index (χ1n) is 43.8. The van der Waals surface area contributed by atoms with Gasteiger partial charge in [0, 0.05) is 93.2 Å². The Kier molecular flexibility index (Phi) is 18.5. The molecule has 0 saturated carbocycles. The molecule has 12 heteroatoms. The molecule has 0 atom stereocenters. The molecule has 0 amide bonds. The molecule has 8 aromatic heterocycles. The number of nitriles is 4. The predicted molar refractivity (Wildman–Crippen MR) is 534 cm³/mol. The average molecular weight is 1680 g/mol. The average Bonchev–Trinajstić information content (AvgIpc) is 1.55. The van der Waals surface area contributed by atoms with Gasteiger partial charge in [-0.05, 0) is 186 Å². The number of rotatable bonds is 15. The van der Waals surface area contributed by atoms with E-state index in [1.54, 1.807) is 0 Å². The van der Waals surface area contributed by atoms with Gasteiger partial charge in [-0.15, -0.1) is 0 Å². The highest BCUT2D eigenvalue weighted by Gasteiger charge is 2.29. The molecule has 0 spiro atoms. The van der Waals surface area contributed by atoms with Crippen molar-refractivity contribution in [3.05, 3.63) is 447 Å². The zero-order valence-electron chi connectivity index (χ0n) is 70.8. The minimum absolute atomic E-state index is 0.428. The van der Waals surface area contributed by atoms with Crippen molar-refractivity contribution in [2.75, 3.05) is 0 Å². The van der Waals surface area contributed by atoms with Crippen molar-refractivity contribution in [3.63, 3.8) is 0 Å². The van der Waals surface area contributed by atoms with E-state index in [2.05, 4.69) is 309 Å². The molecule has 24 aromatic rings. The van der Waals surface area contributed by atoms with E-state index in [1.165, 1.54) is 0 Å². The Morgan fingerprint density at radius 2 is 0.455 bits per heavy atom. The maximum Gasteiger partial charge on any atom is 0.104 e. The monoisotopic (exact) mass is 1680 g/mol. The third kappa shape index (κ3) is 13.0. The van der Waals surface area contributed by atoms with E-state index >= 15 is 0 Å². The summed E-state index contributed by atoms with van der Waals surface area (Å²) in [6, 6.07) is 156. The maximum atomic E-state index is 12.4. The molecule has 12 nitrogen and oxygen atoms in total. The van der Waals surface area contributed by atoms with Crippen molar-refractivity contribution in [2.24, 2.45) is 0 Å². The van der Waals surface area contributed by atoms with Crippen LogP contribution in [0, 0.1) is 45.3 Å². The Labute approximate surface area is 758 Å². The van der Waals surface area contributed by atoms with E-state index < -0.39 is 0 Å². The van der Waals surface area contributed by atoms with Gasteiger partial charge in [-0.3, -0.25) is 0 Å². The molecule has 0 aliphatic rings. The lowest BCUT2D eigenvalue weighted by Crippen LogP contribution is -2.05. The molecule has 610 valence electrons. The first kappa shape index (κ1) is 76.9. The second-order valence-electron chi connectivity index (χ2n) is 33.2. The SMILES string of the molecule is N#Cc1cccc(-c2cc(-n3c4ccccc4c4cc(-c5cccc(-c6ccccc6)n5)ccc43)c(C#N)c(-n3c4ccc(-c5cccc(-c6ccccc6)n5)cc4c4cc(-c5ccc(-c6ccccc6)nc5-c5ccc6c7ccccc7n(-c7cc(-c8cccc(C#N)c8)cc(-n8c9ccccc9c9ccc(-c%10cccc(-c%11ccccc%11)n%10)cc98)c7C#N)c6c5)ccc43)c2)c1. The molecule has 16 aromatic carbocycles. The Balaban J connectivity index is 0.727. The van der Waals surface area contributed by atoms with Gasteiger partial charge in [-0.2, -0.15) is 21.0 Å². The highest BCUT2D eigenvalue weighted by atomic mass is 15.0. The Hall–Kier alpha value is -18.7. The summed E-state index contributed by atoms with van der Waals surface area (Å²) in [7, 11) is 0. The van der Waals surface area contributed by atoms with Crippen LogP contribution in [-0.2, 0) is 0 Å². The molecule has 8 heterocycles. The number of nitrogens with zero attached hydrogens (tertiary/aromatic N) is 12. The normalized spacial score (nSPS) is 11.5. The lowest BCUT2D eigenvalue weighted by Gasteiger charge is -2.19. The topological polar surface area (TPSA) is 166 Å². The van der Waals surface area contributed by atoms with Gasteiger partial charge in [-0.25, -0.2) is 19.9 Å². The zero-order valence-corrected chi connectivity index (χ0v) is 70.8. The molecule has 0 unspecified atom stereocenters. The van der Waals surface area contributed by atoms with Crippen LogP contribution in [0.25, 0.3) is 233 Å². The highest BCUT2D eigenvalue weighted by Crippen LogP contribution is 2.48. The van der Waals surface area contributed by atoms with Crippen LogP contribution >= 0.6 is 0 Å². The fraction of sp³-hybridized carbons (Fsp3) is 0. The molecule has 0 radical (unpaired) electrons. The summed E-state index contributed by atoms with van der Waals surface area (Å²) in [5.41, 5.74) is 30.5. The molecule has 0 aliphatic heterocycles. The fourth-order valence-corrected chi connectivity index (χ4v) is 19.6. The smallest absolute Gasteiger partial charge is 0.104 e. The number of para-hydroxylation sites is 3. The first-order valence-corrected chi connectivity index (χ1v) is 43.8. The molecule has 0 bridgehead atoms. The van der Waals surface area contributed by atoms with Gasteiger partial charge >= 0.3 is 0 Å². The summed E-state index contributed by atoms with van der Waals surface area (Å²) >= 11 is 0. The van der Waals surface area contributed by atoms with Crippen LogP contribution in [0.15, 0.2) is 425 Å². The second kappa shape index (κ2) is 31.7. The van der Waals surface area contributed by atoms with Crippen LogP contribution in [0.4, 0.5) is 0 Å². The lowest BCUT2D eigenvalue weighted by molar-refractivity contribution is 1.12. The number of hydrogen-bond acceptors (Lipinski definition) is 8. The van der Waals surface area contributed by atoms with E-state index in [0.717, 1.165) is 205 Å². The Morgan fingerprint density at radius 3 is 0.856 bits per heavy atom. The maximum absolute atomic E-state index is 12.4. The molecular formula is C120H70N12. The number of fused-ring (bicyclic) bond motifs is 12. The summed E-state index contributed by atoms with van der Waals surface area (Å²) in [5.74, 6) is 0. The summed E-state index contributed by atoms with van der Waals surface area (Å²) in [6.07, 6.45) is 0. The lowest BCUT2D eigenvalue weighted by atomic mass is 9.95. The largest absolute Gasteiger partial charge is 0.308 e. The fourth-order valence-electron chi connectivity index (χ4n) is 19.6. The molecule has 0 saturated heterocycles. The number of hydrogen-bond donors (Lipinski definition) is 0. The van der Waals surface area contributed by atoms with Gasteiger partial charge in [0.15, 0.2) is 0 Å². The first-order chi connectivity index (χ1) is 65.2. The minimum Gasteiger partial charge on any atom is -0.308 e. The molecular weight excluding hydrogens is 1610 g/mol. The van der Waals surface area contributed by atoms with Crippen LogP contribution in [0.1, 0.15) is 22.3 Å². The van der Waals surface area contributed by atoms with Crippen molar-refractivity contribution < 1.29 is 0 Å². The summed E-state index contributed by atoms with van der Waals surface area (Å²) in [5, 5.41) is 53.7. The van der Waals surface area contributed by atoms with Gasteiger partial charge in [0.2, 0.25) is 0 Å².